The van der Waals surface area contributed by atoms with Gasteiger partial charge in [0.05, 0.1) is 0 Å². The molecule has 1 aromatic carbocycles. The van der Waals surface area contributed by atoms with E-state index in [1.54, 1.807) is 12.1 Å². The normalized spacial score (nSPS) is 11.4. The second-order valence-corrected chi connectivity index (χ2v) is 3.01. The summed E-state index contributed by atoms with van der Waals surface area (Å²) in [6.07, 6.45) is 1.49. The number of nitrogens with one attached hydrogen (secondary N) is 1. The molecule has 2 N–H and O–H groups in total. The van der Waals surface area contributed by atoms with Crippen LogP contribution in [0, 0.1) is 0 Å². The van der Waals surface area contributed by atoms with Gasteiger partial charge in [-0.3, -0.25) is 0 Å². The van der Waals surface area contributed by atoms with Gasteiger partial charge >= 0.3 is 5.97 Å². The standard InChI is InChI=1S/C10H8N4O2/c15-10(16)8(9-11-13-14-12-9)6-7-4-2-1-3-5-7/h1-6H,(H,15,16)(H,11,12,13,14). The minimum Gasteiger partial charge on any atom is -0.478 e. The van der Waals surface area contributed by atoms with Crippen molar-refractivity contribution in [3.63, 3.8) is 0 Å². The minimum atomic E-state index is -1.09. The van der Waals surface area contributed by atoms with Crippen molar-refractivity contribution < 1.29 is 9.90 Å². The van der Waals surface area contributed by atoms with E-state index >= 15 is 0 Å². The van der Waals surface area contributed by atoms with Crippen LogP contribution in [0.15, 0.2) is 30.3 Å². The molecule has 0 saturated heterocycles. The summed E-state index contributed by atoms with van der Waals surface area (Å²) < 4.78 is 0. The highest BCUT2D eigenvalue weighted by molar-refractivity contribution is 6.19. The van der Waals surface area contributed by atoms with Gasteiger partial charge in [0, 0.05) is 0 Å². The van der Waals surface area contributed by atoms with E-state index in [-0.39, 0.29) is 11.4 Å². The largest absolute Gasteiger partial charge is 0.478 e. The number of carboxylic acid groups (broad SMARTS) is 1. The van der Waals surface area contributed by atoms with Crippen LogP contribution in [0.4, 0.5) is 0 Å². The Kier molecular flexibility index (Phi) is 2.73. The van der Waals surface area contributed by atoms with Gasteiger partial charge in [0.1, 0.15) is 5.57 Å². The zero-order valence-corrected chi connectivity index (χ0v) is 8.16. The molecule has 0 amide bonds. The number of tetrazole rings is 1. The van der Waals surface area contributed by atoms with Crippen LogP contribution in [0.2, 0.25) is 0 Å². The number of carboxylic acids is 1. The third-order valence-electron chi connectivity index (χ3n) is 1.93. The van der Waals surface area contributed by atoms with Gasteiger partial charge < -0.3 is 5.11 Å². The molecule has 1 aromatic heterocycles. The van der Waals surface area contributed by atoms with Gasteiger partial charge in [-0.05, 0) is 16.9 Å². The van der Waals surface area contributed by atoms with Crippen molar-refractivity contribution in [2.45, 2.75) is 0 Å². The summed E-state index contributed by atoms with van der Waals surface area (Å²) in [5.74, 6) is -1.03. The fraction of sp³-hybridized carbons (Fsp3) is 0. The Labute approximate surface area is 90.6 Å². The van der Waals surface area contributed by atoms with Crippen molar-refractivity contribution in [2.75, 3.05) is 0 Å². The number of hydrogen-bond acceptors (Lipinski definition) is 4. The Bertz CT molecular complexity index is 505. The molecule has 6 nitrogen and oxygen atoms in total. The Balaban J connectivity index is 2.42. The van der Waals surface area contributed by atoms with Crippen LogP contribution in [-0.2, 0) is 4.79 Å². The van der Waals surface area contributed by atoms with Crippen molar-refractivity contribution in [1.82, 2.24) is 20.6 Å². The average Bonchev–Trinajstić information content (AvgIpc) is 2.80. The van der Waals surface area contributed by atoms with Crippen LogP contribution in [0.5, 0.6) is 0 Å². The topological polar surface area (TPSA) is 91.8 Å². The predicted octanol–water partition coefficient (Wildman–Crippen LogP) is 0.825. The second kappa shape index (κ2) is 4.35. The molecule has 2 rings (SSSR count). The third-order valence-corrected chi connectivity index (χ3v) is 1.93. The first-order chi connectivity index (χ1) is 7.77. The molecule has 0 atom stereocenters. The first kappa shape index (κ1) is 10.0. The van der Waals surface area contributed by atoms with E-state index < -0.39 is 5.97 Å². The lowest BCUT2D eigenvalue weighted by Crippen LogP contribution is -2.01. The Hall–Kier alpha value is -2.50. The Morgan fingerprint density at radius 2 is 2.06 bits per heavy atom. The summed E-state index contributed by atoms with van der Waals surface area (Å²) in [6, 6.07) is 9.08. The summed E-state index contributed by atoms with van der Waals surface area (Å²) in [4.78, 5) is 11.0. The quantitative estimate of drug-likeness (QED) is 0.741. The fourth-order valence-electron chi connectivity index (χ4n) is 1.21. The number of benzene rings is 1. The monoisotopic (exact) mass is 216 g/mol. The van der Waals surface area contributed by atoms with Crippen LogP contribution < -0.4 is 0 Å². The summed E-state index contributed by atoms with van der Waals surface area (Å²) in [5.41, 5.74) is 0.768. The van der Waals surface area contributed by atoms with Crippen molar-refractivity contribution >= 4 is 17.6 Å². The molecule has 0 radical (unpaired) electrons. The first-order valence-corrected chi connectivity index (χ1v) is 4.51. The highest BCUT2D eigenvalue weighted by Gasteiger charge is 2.14. The molecule has 1 heterocycles. The second-order valence-electron chi connectivity index (χ2n) is 3.01. The fourth-order valence-corrected chi connectivity index (χ4v) is 1.21. The van der Waals surface area contributed by atoms with E-state index in [0.29, 0.717) is 0 Å². The molecular formula is C10H8N4O2. The SMILES string of the molecule is O=C(O)C(=Cc1ccccc1)c1nn[nH]n1. The van der Waals surface area contributed by atoms with E-state index in [2.05, 4.69) is 20.6 Å². The van der Waals surface area contributed by atoms with Crippen LogP contribution >= 0.6 is 0 Å². The summed E-state index contributed by atoms with van der Waals surface area (Å²) in [5, 5.41) is 21.8. The van der Waals surface area contributed by atoms with E-state index in [0.717, 1.165) is 5.56 Å². The lowest BCUT2D eigenvalue weighted by Gasteiger charge is -1.96. The summed E-state index contributed by atoms with van der Waals surface area (Å²) >= 11 is 0. The van der Waals surface area contributed by atoms with Crippen molar-refractivity contribution in [3.05, 3.63) is 41.7 Å². The van der Waals surface area contributed by atoms with Gasteiger partial charge in [-0.2, -0.15) is 5.21 Å². The van der Waals surface area contributed by atoms with Crippen LogP contribution in [0.25, 0.3) is 11.6 Å². The molecule has 0 unspecified atom stereocenters. The van der Waals surface area contributed by atoms with Crippen LogP contribution in [-0.4, -0.2) is 31.7 Å². The molecule has 0 aliphatic heterocycles. The smallest absolute Gasteiger partial charge is 0.339 e. The molecule has 16 heavy (non-hydrogen) atoms. The number of carbonyl (C=O) groups is 1. The maximum Gasteiger partial charge on any atom is 0.339 e. The molecule has 0 bridgehead atoms. The molecule has 0 saturated carbocycles. The lowest BCUT2D eigenvalue weighted by atomic mass is 10.1. The maximum absolute atomic E-state index is 11.0. The molecule has 2 aromatic rings. The molecular weight excluding hydrogens is 208 g/mol. The van der Waals surface area contributed by atoms with Gasteiger partial charge in [0.25, 0.3) is 0 Å². The zero-order valence-electron chi connectivity index (χ0n) is 8.16. The molecule has 80 valence electrons. The van der Waals surface area contributed by atoms with Crippen molar-refractivity contribution in [3.8, 4) is 0 Å². The van der Waals surface area contributed by atoms with Gasteiger partial charge in [0.15, 0.2) is 0 Å². The van der Waals surface area contributed by atoms with Gasteiger partial charge in [0.2, 0.25) is 5.82 Å². The molecule has 0 fully saturated rings. The number of rotatable bonds is 3. The zero-order chi connectivity index (χ0) is 11.4. The average molecular weight is 216 g/mol. The number of H-pyrrole nitrogens is 1. The lowest BCUT2D eigenvalue weighted by molar-refractivity contribution is -0.130. The number of aromatic nitrogens is 4. The number of hydrogen-bond donors (Lipinski definition) is 2. The Morgan fingerprint density at radius 3 is 2.62 bits per heavy atom. The van der Waals surface area contributed by atoms with Crippen molar-refractivity contribution in [1.29, 1.82) is 0 Å². The Morgan fingerprint density at radius 1 is 1.31 bits per heavy atom. The van der Waals surface area contributed by atoms with Gasteiger partial charge in [-0.15, -0.1) is 10.2 Å². The van der Waals surface area contributed by atoms with E-state index in [1.807, 2.05) is 18.2 Å². The first-order valence-electron chi connectivity index (χ1n) is 4.51. The summed E-state index contributed by atoms with van der Waals surface area (Å²) in [6.45, 7) is 0. The molecule has 0 aliphatic carbocycles. The molecule has 0 aliphatic rings. The van der Waals surface area contributed by atoms with Crippen molar-refractivity contribution in [2.24, 2.45) is 0 Å². The van der Waals surface area contributed by atoms with E-state index in [4.69, 9.17) is 5.11 Å². The number of aromatic amines is 1. The van der Waals surface area contributed by atoms with E-state index in [1.165, 1.54) is 6.08 Å². The van der Waals surface area contributed by atoms with Crippen LogP contribution in [0.3, 0.4) is 0 Å². The third kappa shape index (κ3) is 2.11. The van der Waals surface area contributed by atoms with Gasteiger partial charge in [-0.25, -0.2) is 4.79 Å². The minimum absolute atomic E-state index is 0.0000463. The number of nitrogens with zero attached hydrogens (tertiary/aromatic N) is 3. The van der Waals surface area contributed by atoms with Crippen LogP contribution in [0.1, 0.15) is 11.4 Å². The highest BCUT2D eigenvalue weighted by Crippen LogP contribution is 2.13. The predicted molar refractivity (Wildman–Crippen MR) is 56.1 cm³/mol. The maximum atomic E-state index is 11.0. The van der Waals surface area contributed by atoms with E-state index in [9.17, 15) is 4.79 Å². The molecule has 6 heteroatoms. The molecule has 0 spiro atoms. The highest BCUT2D eigenvalue weighted by atomic mass is 16.4. The summed E-state index contributed by atoms with van der Waals surface area (Å²) in [7, 11) is 0. The van der Waals surface area contributed by atoms with Gasteiger partial charge in [-0.1, -0.05) is 30.3 Å². The number of aliphatic carboxylic acids is 1.